The molecule has 0 bridgehead atoms. The zero-order valence-electron chi connectivity index (χ0n) is 8.31. The van der Waals surface area contributed by atoms with Gasteiger partial charge >= 0.3 is 5.97 Å². The van der Waals surface area contributed by atoms with Crippen LogP contribution in [-0.2, 0) is 9.53 Å². The second kappa shape index (κ2) is 4.90. The molecule has 0 atom stereocenters. The first-order valence-corrected chi connectivity index (χ1v) is 4.84. The molecule has 0 aromatic carbocycles. The zero-order valence-corrected chi connectivity index (χ0v) is 8.31. The lowest BCUT2D eigenvalue weighted by atomic mass is 10.4. The van der Waals surface area contributed by atoms with Crippen LogP contribution in [0.3, 0.4) is 0 Å². The summed E-state index contributed by atoms with van der Waals surface area (Å²) in [7, 11) is 0. The number of nitrogens with one attached hydrogen (secondary N) is 1. The molecule has 0 saturated carbocycles. The molecule has 1 aliphatic rings. The van der Waals surface area contributed by atoms with Crippen LogP contribution in [-0.4, -0.2) is 53.9 Å². The highest BCUT2D eigenvalue weighted by atomic mass is 16.5. The highest BCUT2D eigenvalue weighted by molar-refractivity contribution is 5.74. The van der Waals surface area contributed by atoms with Crippen molar-refractivity contribution in [2.45, 2.75) is 0 Å². The van der Waals surface area contributed by atoms with Gasteiger partial charge in [0.2, 0.25) is 0 Å². The SMILES string of the molecule is O=C(CN1CCOCC1)Oc1cn[nH]c1. The van der Waals surface area contributed by atoms with Gasteiger partial charge in [0.25, 0.3) is 0 Å². The molecule has 2 heterocycles. The molecule has 82 valence electrons. The van der Waals surface area contributed by atoms with Crippen LogP contribution in [0.15, 0.2) is 12.4 Å². The standard InChI is InChI=1S/C9H13N3O3/c13-9(15-8-5-10-11-6-8)7-12-1-3-14-4-2-12/h5-6H,1-4,7H2,(H,10,11). The minimum atomic E-state index is -0.265. The van der Waals surface area contributed by atoms with Crippen molar-refractivity contribution in [3.8, 4) is 5.75 Å². The Labute approximate surface area is 87.2 Å². The first-order chi connectivity index (χ1) is 7.34. The van der Waals surface area contributed by atoms with E-state index in [-0.39, 0.29) is 5.97 Å². The Kier molecular flexibility index (Phi) is 3.31. The van der Waals surface area contributed by atoms with Gasteiger partial charge in [0.1, 0.15) is 0 Å². The van der Waals surface area contributed by atoms with Crippen LogP contribution in [0.4, 0.5) is 0 Å². The van der Waals surface area contributed by atoms with Crippen molar-refractivity contribution in [2.75, 3.05) is 32.8 Å². The monoisotopic (exact) mass is 211 g/mol. The zero-order chi connectivity index (χ0) is 10.5. The molecule has 15 heavy (non-hydrogen) atoms. The molecule has 0 unspecified atom stereocenters. The molecule has 1 fully saturated rings. The van der Waals surface area contributed by atoms with E-state index in [0.717, 1.165) is 13.1 Å². The molecule has 1 aliphatic heterocycles. The van der Waals surface area contributed by atoms with Crippen molar-refractivity contribution in [2.24, 2.45) is 0 Å². The number of aromatic nitrogens is 2. The number of morpholine rings is 1. The predicted molar refractivity (Wildman–Crippen MR) is 51.5 cm³/mol. The fourth-order valence-corrected chi connectivity index (χ4v) is 1.40. The summed E-state index contributed by atoms with van der Waals surface area (Å²) in [6.07, 6.45) is 3.01. The number of rotatable bonds is 3. The minimum Gasteiger partial charge on any atom is -0.422 e. The van der Waals surface area contributed by atoms with Gasteiger partial charge < -0.3 is 9.47 Å². The summed E-state index contributed by atoms with van der Waals surface area (Å²) >= 11 is 0. The van der Waals surface area contributed by atoms with Crippen LogP contribution in [0.1, 0.15) is 0 Å². The third-order valence-corrected chi connectivity index (χ3v) is 2.16. The molecule has 1 N–H and O–H groups in total. The minimum absolute atomic E-state index is 0.265. The van der Waals surface area contributed by atoms with Gasteiger partial charge in [-0.15, -0.1) is 0 Å². The molecule has 0 amide bonds. The summed E-state index contributed by atoms with van der Waals surface area (Å²) in [5.41, 5.74) is 0. The Morgan fingerprint density at radius 2 is 2.40 bits per heavy atom. The average Bonchev–Trinajstić information content (AvgIpc) is 2.71. The van der Waals surface area contributed by atoms with Crippen LogP contribution < -0.4 is 4.74 Å². The smallest absolute Gasteiger partial charge is 0.325 e. The van der Waals surface area contributed by atoms with E-state index >= 15 is 0 Å². The number of carbonyl (C=O) groups excluding carboxylic acids is 1. The normalized spacial score (nSPS) is 17.6. The molecule has 1 saturated heterocycles. The second-order valence-electron chi connectivity index (χ2n) is 3.30. The van der Waals surface area contributed by atoms with Gasteiger partial charge in [-0.3, -0.25) is 14.8 Å². The van der Waals surface area contributed by atoms with Crippen LogP contribution >= 0.6 is 0 Å². The Morgan fingerprint density at radius 1 is 1.60 bits per heavy atom. The van der Waals surface area contributed by atoms with Crippen molar-refractivity contribution in [3.63, 3.8) is 0 Å². The summed E-state index contributed by atoms with van der Waals surface area (Å²) in [5, 5.41) is 6.26. The molecular weight excluding hydrogens is 198 g/mol. The van der Waals surface area contributed by atoms with E-state index in [9.17, 15) is 4.79 Å². The van der Waals surface area contributed by atoms with Gasteiger partial charge in [0, 0.05) is 13.1 Å². The third-order valence-electron chi connectivity index (χ3n) is 2.16. The Hall–Kier alpha value is -1.40. The van der Waals surface area contributed by atoms with Crippen molar-refractivity contribution in [1.29, 1.82) is 0 Å². The Bertz CT molecular complexity index is 306. The number of esters is 1. The van der Waals surface area contributed by atoms with Crippen LogP contribution in [0, 0.1) is 0 Å². The van der Waals surface area contributed by atoms with Gasteiger partial charge in [-0.2, -0.15) is 5.10 Å². The van der Waals surface area contributed by atoms with Gasteiger partial charge in [-0.25, -0.2) is 0 Å². The van der Waals surface area contributed by atoms with Crippen LogP contribution in [0.25, 0.3) is 0 Å². The van der Waals surface area contributed by atoms with E-state index in [1.807, 2.05) is 4.90 Å². The summed E-state index contributed by atoms with van der Waals surface area (Å²) < 4.78 is 10.2. The van der Waals surface area contributed by atoms with E-state index in [2.05, 4.69) is 10.2 Å². The lowest BCUT2D eigenvalue weighted by Gasteiger charge is -2.25. The highest BCUT2D eigenvalue weighted by Crippen LogP contribution is 2.05. The van der Waals surface area contributed by atoms with Gasteiger partial charge in [-0.05, 0) is 0 Å². The summed E-state index contributed by atoms with van der Waals surface area (Å²) in [6, 6.07) is 0. The topological polar surface area (TPSA) is 67.5 Å². The number of aromatic amines is 1. The van der Waals surface area contributed by atoms with Gasteiger partial charge in [0.05, 0.1) is 32.2 Å². The largest absolute Gasteiger partial charge is 0.422 e. The maximum atomic E-state index is 11.4. The molecule has 0 aliphatic carbocycles. The van der Waals surface area contributed by atoms with E-state index in [1.54, 1.807) is 0 Å². The Balaban J connectivity index is 1.76. The highest BCUT2D eigenvalue weighted by Gasteiger charge is 2.15. The number of ether oxygens (including phenoxy) is 2. The lowest BCUT2D eigenvalue weighted by Crippen LogP contribution is -2.40. The predicted octanol–water partition coefficient (Wildman–Crippen LogP) is -0.353. The van der Waals surface area contributed by atoms with Crippen LogP contribution in [0.2, 0.25) is 0 Å². The van der Waals surface area contributed by atoms with Gasteiger partial charge in [-0.1, -0.05) is 0 Å². The number of H-pyrrole nitrogens is 1. The van der Waals surface area contributed by atoms with E-state index in [1.165, 1.54) is 12.4 Å². The van der Waals surface area contributed by atoms with Crippen molar-refractivity contribution < 1.29 is 14.3 Å². The van der Waals surface area contributed by atoms with E-state index in [4.69, 9.17) is 9.47 Å². The van der Waals surface area contributed by atoms with Crippen LogP contribution in [0.5, 0.6) is 5.75 Å². The Morgan fingerprint density at radius 3 is 3.07 bits per heavy atom. The third kappa shape index (κ3) is 3.03. The van der Waals surface area contributed by atoms with Crippen molar-refractivity contribution in [3.05, 3.63) is 12.4 Å². The molecule has 0 spiro atoms. The summed E-state index contributed by atoms with van der Waals surface area (Å²) in [6.45, 7) is 3.22. The lowest BCUT2D eigenvalue weighted by molar-refractivity contribution is -0.136. The quantitative estimate of drug-likeness (QED) is 0.692. The molecule has 6 nitrogen and oxygen atoms in total. The first-order valence-electron chi connectivity index (χ1n) is 4.84. The molecular formula is C9H13N3O3. The molecule has 2 rings (SSSR count). The van der Waals surface area contributed by atoms with Gasteiger partial charge in [0.15, 0.2) is 5.75 Å². The molecule has 6 heteroatoms. The number of hydrogen-bond acceptors (Lipinski definition) is 5. The molecule has 1 aromatic rings. The van der Waals surface area contributed by atoms with Crippen molar-refractivity contribution in [1.82, 2.24) is 15.1 Å². The fourth-order valence-electron chi connectivity index (χ4n) is 1.40. The van der Waals surface area contributed by atoms with Crippen molar-refractivity contribution >= 4 is 5.97 Å². The molecule has 1 aromatic heterocycles. The first kappa shape index (κ1) is 10.1. The van der Waals surface area contributed by atoms with E-state index in [0.29, 0.717) is 25.5 Å². The second-order valence-corrected chi connectivity index (χ2v) is 3.30. The number of nitrogens with zero attached hydrogens (tertiary/aromatic N) is 2. The number of carbonyl (C=O) groups is 1. The van der Waals surface area contributed by atoms with E-state index < -0.39 is 0 Å². The number of hydrogen-bond donors (Lipinski definition) is 1. The summed E-state index contributed by atoms with van der Waals surface area (Å²) in [4.78, 5) is 13.4. The average molecular weight is 211 g/mol. The fraction of sp³-hybridized carbons (Fsp3) is 0.556. The maximum Gasteiger partial charge on any atom is 0.325 e. The molecule has 0 radical (unpaired) electrons. The summed E-state index contributed by atoms with van der Waals surface area (Å²) in [5.74, 6) is 0.187. The maximum absolute atomic E-state index is 11.4.